The van der Waals surface area contributed by atoms with E-state index < -0.39 is 25.4 Å². The monoisotopic (exact) mass is 194 g/mol. The highest BCUT2D eigenvalue weighted by Crippen LogP contribution is 2.14. The SMILES string of the molecule is CCS(CC)=C([N+](=O)[O-])[N+](=O)[O-]. The molecule has 70 valence electrons. The van der Waals surface area contributed by atoms with Crippen LogP contribution in [-0.4, -0.2) is 26.5 Å². The highest BCUT2D eigenvalue weighted by molar-refractivity contribution is 8.15. The highest BCUT2D eigenvalue weighted by atomic mass is 32.2. The normalized spacial score (nSPS) is 9.92. The van der Waals surface area contributed by atoms with Crippen molar-refractivity contribution in [2.24, 2.45) is 0 Å². The maximum Gasteiger partial charge on any atom is 0.586 e. The van der Waals surface area contributed by atoms with Crippen molar-refractivity contribution in [2.75, 3.05) is 11.5 Å². The van der Waals surface area contributed by atoms with Crippen molar-refractivity contribution in [1.82, 2.24) is 0 Å². The largest absolute Gasteiger partial charge is 0.586 e. The van der Waals surface area contributed by atoms with Crippen molar-refractivity contribution >= 4 is 15.6 Å². The van der Waals surface area contributed by atoms with E-state index in [0.717, 1.165) is 0 Å². The number of hydrogen-bond acceptors (Lipinski definition) is 4. The van der Waals surface area contributed by atoms with Crippen LogP contribution in [0, 0.1) is 20.2 Å². The summed E-state index contributed by atoms with van der Waals surface area (Å²) >= 11 is 0. The number of hydrogen-bond donors (Lipinski definition) is 0. The topological polar surface area (TPSA) is 86.3 Å². The molecule has 6 nitrogen and oxygen atoms in total. The zero-order chi connectivity index (χ0) is 9.72. The van der Waals surface area contributed by atoms with Crippen LogP contribution in [0.4, 0.5) is 0 Å². The lowest BCUT2D eigenvalue weighted by Gasteiger charge is -1.96. The van der Waals surface area contributed by atoms with Crippen LogP contribution in [0.25, 0.3) is 0 Å². The molecule has 0 radical (unpaired) electrons. The third-order valence-electron chi connectivity index (χ3n) is 1.27. The molecule has 0 N–H and O–H groups in total. The molecule has 0 aromatic rings. The van der Waals surface area contributed by atoms with E-state index in [1.165, 1.54) is 0 Å². The van der Waals surface area contributed by atoms with E-state index in [0.29, 0.717) is 11.5 Å². The first-order valence-corrected chi connectivity index (χ1v) is 4.94. The van der Waals surface area contributed by atoms with E-state index in [9.17, 15) is 20.2 Å². The second-order valence-corrected chi connectivity index (χ2v) is 4.37. The van der Waals surface area contributed by atoms with Gasteiger partial charge in [0.05, 0.1) is 0 Å². The Bertz CT molecular complexity index is 216. The van der Waals surface area contributed by atoms with E-state index in [1.54, 1.807) is 13.8 Å². The van der Waals surface area contributed by atoms with Gasteiger partial charge in [-0.1, -0.05) is 13.8 Å². The summed E-state index contributed by atoms with van der Waals surface area (Å²) in [6.07, 6.45) is 0. The molecule has 0 heterocycles. The third kappa shape index (κ3) is 2.57. The van der Waals surface area contributed by atoms with Gasteiger partial charge >= 0.3 is 5.11 Å². The summed E-state index contributed by atoms with van der Waals surface area (Å²) in [5.41, 5.74) is 0. The summed E-state index contributed by atoms with van der Waals surface area (Å²) in [5.74, 6) is 0.904. The van der Waals surface area contributed by atoms with Gasteiger partial charge in [0.25, 0.3) is 0 Å². The van der Waals surface area contributed by atoms with E-state index >= 15 is 0 Å². The molecular formula is C5H10N2O4S. The van der Waals surface area contributed by atoms with Gasteiger partial charge < -0.3 is 0 Å². The predicted octanol–water partition coefficient (Wildman–Crippen LogP) is 0.936. The molecule has 0 rings (SSSR count). The molecule has 0 aliphatic carbocycles. The first-order valence-electron chi connectivity index (χ1n) is 3.37. The van der Waals surface area contributed by atoms with Crippen molar-refractivity contribution in [3.05, 3.63) is 20.2 Å². The van der Waals surface area contributed by atoms with Crippen molar-refractivity contribution in [1.29, 1.82) is 0 Å². The molecule has 0 aromatic heterocycles. The van der Waals surface area contributed by atoms with E-state index in [1.807, 2.05) is 0 Å². The van der Waals surface area contributed by atoms with Crippen LogP contribution in [0.15, 0.2) is 0 Å². The van der Waals surface area contributed by atoms with Gasteiger partial charge in [0.1, 0.15) is 9.85 Å². The van der Waals surface area contributed by atoms with Gasteiger partial charge in [0, 0.05) is 0 Å². The summed E-state index contributed by atoms with van der Waals surface area (Å²) in [6.45, 7) is 3.42. The van der Waals surface area contributed by atoms with Crippen LogP contribution >= 0.6 is 10.5 Å². The van der Waals surface area contributed by atoms with E-state index in [-0.39, 0.29) is 0 Å². The Labute approximate surface area is 71.8 Å². The fourth-order valence-corrected chi connectivity index (χ4v) is 2.09. The van der Waals surface area contributed by atoms with E-state index in [4.69, 9.17) is 0 Å². The van der Waals surface area contributed by atoms with Gasteiger partial charge in [-0.3, -0.25) is 20.2 Å². The minimum Gasteiger partial charge on any atom is -0.253 e. The molecule has 0 aromatic carbocycles. The molecule has 0 spiro atoms. The highest BCUT2D eigenvalue weighted by Gasteiger charge is 2.29. The predicted molar refractivity (Wildman–Crippen MR) is 47.7 cm³/mol. The van der Waals surface area contributed by atoms with Gasteiger partial charge in [0.2, 0.25) is 0 Å². The lowest BCUT2D eigenvalue weighted by molar-refractivity contribution is -0.495. The smallest absolute Gasteiger partial charge is 0.253 e. The molecule has 0 fully saturated rings. The first kappa shape index (κ1) is 11.0. The van der Waals surface area contributed by atoms with Crippen LogP contribution in [0.5, 0.6) is 0 Å². The Hall–Kier alpha value is -0.980. The number of nitro groups is 2. The van der Waals surface area contributed by atoms with Gasteiger partial charge in [-0.25, -0.2) is 0 Å². The fourth-order valence-electron chi connectivity index (χ4n) is 0.740. The van der Waals surface area contributed by atoms with Crippen molar-refractivity contribution in [3.63, 3.8) is 0 Å². The van der Waals surface area contributed by atoms with Crippen LogP contribution in [-0.2, 0) is 0 Å². The van der Waals surface area contributed by atoms with Gasteiger partial charge in [0.15, 0.2) is 0 Å². The van der Waals surface area contributed by atoms with E-state index in [2.05, 4.69) is 0 Å². The maximum absolute atomic E-state index is 10.2. The van der Waals surface area contributed by atoms with Crippen molar-refractivity contribution in [3.8, 4) is 0 Å². The van der Waals surface area contributed by atoms with Crippen LogP contribution in [0.3, 0.4) is 0 Å². The Morgan fingerprint density at radius 1 is 1.17 bits per heavy atom. The Balaban J connectivity index is 5.03. The summed E-state index contributed by atoms with van der Waals surface area (Å²) in [4.78, 5) is 18.7. The molecule has 7 heteroatoms. The average Bonchev–Trinajstić information content (AvgIpc) is 1.98. The maximum atomic E-state index is 10.2. The number of rotatable bonds is 2. The quantitative estimate of drug-likeness (QED) is 0.372. The van der Waals surface area contributed by atoms with Crippen molar-refractivity contribution in [2.45, 2.75) is 13.8 Å². The van der Waals surface area contributed by atoms with Crippen LogP contribution in [0.2, 0.25) is 0 Å². The first-order chi connectivity index (χ1) is 5.54. The Morgan fingerprint density at radius 2 is 1.50 bits per heavy atom. The average molecular weight is 194 g/mol. The molecule has 0 unspecified atom stereocenters. The molecule has 0 aliphatic rings. The summed E-state index contributed by atoms with van der Waals surface area (Å²) in [6, 6.07) is 0. The van der Waals surface area contributed by atoms with Crippen LogP contribution in [0.1, 0.15) is 13.8 Å². The molecule has 0 saturated carbocycles. The third-order valence-corrected chi connectivity index (χ3v) is 3.48. The molecule has 0 atom stereocenters. The lowest BCUT2D eigenvalue weighted by atomic mass is 11.0. The lowest BCUT2D eigenvalue weighted by Crippen LogP contribution is -2.22. The standard InChI is InChI=1S/C5H10N2O4S/c1-3-12(4-2)5(6(8)9)7(10)11/h3-4H2,1-2H3. The summed E-state index contributed by atoms with van der Waals surface area (Å²) in [7, 11) is -0.818. The molecule has 0 bridgehead atoms. The Morgan fingerprint density at radius 3 is 1.58 bits per heavy atom. The summed E-state index contributed by atoms with van der Waals surface area (Å²) < 4.78 is 0. The van der Waals surface area contributed by atoms with Gasteiger partial charge in [-0.2, -0.15) is 0 Å². The minimum absolute atomic E-state index is 0.452. The molecule has 0 aliphatic heterocycles. The minimum atomic E-state index is -0.893. The second-order valence-electron chi connectivity index (χ2n) is 1.87. The zero-order valence-electron chi connectivity index (χ0n) is 6.85. The zero-order valence-corrected chi connectivity index (χ0v) is 7.67. The van der Waals surface area contributed by atoms with Gasteiger partial charge in [-0.15, -0.1) is 0 Å². The number of nitrogens with zero attached hydrogens (tertiary/aromatic N) is 2. The molecule has 12 heavy (non-hydrogen) atoms. The second kappa shape index (κ2) is 4.81. The molecule has 0 amide bonds. The fraction of sp³-hybridized carbons (Fsp3) is 0.800. The Kier molecular flexibility index (Phi) is 4.42. The van der Waals surface area contributed by atoms with Crippen molar-refractivity contribution < 1.29 is 9.85 Å². The van der Waals surface area contributed by atoms with Crippen LogP contribution < -0.4 is 0 Å². The molecule has 0 saturated heterocycles. The molecular weight excluding hydrogens is 184 g/mol. The summed E-state index contributed by atoms with van der Waals surface area (Å²) in [5, 5.41) is 19.7. The van der Waals surface area contributed by atoms with Gasteiger partial charge in [-0.05, 0) is 22.0 Å².